The SMILES string of the molecule is CC1=C(c2ccc(NC(=O)c3c(F)cccc3F)cc2)SC(=Cc2cccnc2)C1. The van der Waals surface area contributed by atoms with Gasteiger partial charge in [-0.05, 0) is 59.4 Å². The number of nitrogens with zero attached hydrogens (tertiary/aromatic N) is 1. The lowest BCUT2D eigenvalue weighted by Crippen LogP contribution is -2.15. The van der Waals surface area contributed by atoms with Gasteiger partial charge in [0, 0.05) is 29.4 Å². The predicted molar refractivity (Wildman–Crippen MR) is 118 cm³/mol. The number of nitrogens with one attached hydrogen (secondary N) is 1. The van der Waals surface area contributed by atoms with E-state index in [0.717, 1.165) is 29.7 Å². The number of benzene rings is 2. The first-order chi connectivity index (χ1) is 14.5. The van der Waals surface area contributed by atoms with Gasteiger partial charge in [0.25, 0.3) is 5.91 Å². The Morgan fingerprint density at radius 1 is 1.07 bits per heavy atom. The van der Waals surface area contributed by atoms with Crippen LogP contribution in [0.4, 0.5) is 14.5 Å². The molecule has 150 valence electrons. The zero-order valence-electron chi connectivity index (χ0n) is 16.2. The molecule has 0 bridgehead atoms. The van der Waals surface area contributed by atoms with Gasteiger partial charge in [-0.1, -0.05) is 41.6 Å². The van der Waals surface area contributed by atoms with Crippen LogP contribution in [0.15, 0.2) is 77.5 Å². The quantitative estimate of drug-likeness (QED) is 0.522. The number of aromatic nitrogens is 1. The topological polar surface area (TPSA) is 42.0 Å². The fourth-order valence-electron chi connectivity index (χ4n) is 3.24. The van der Waals surface area contributed by atoms with E-state index in [1.807, 2.05) is 30.5 Å². The monoisotopic (exact) mass is 420 g/mol. The van der Waals surface area contributed by atoms with Gasteiger partial charge in [0.1, 0.15) is 17.2 Å². The van der Waals surface area contributed by atoms with Gasteiger partial charge >= 0.3 is 0 Å². The van der Waals surface area contributed by atoms with Crippen molar-refractivity contribution in [2.45, 2.75) is 13.3 Å². The Morgan fingerprint density at radius 3 is 2.47 bits per heavy atom. The third-order valence-corrected chi connectivity index (χ3v) is 5.98. The molecular weight excluding hydrogens is 402 g/mol. The van der Waals surface area contributed by atoms with Crippen molar-refractivity contribution in [1.29, 1.82) is 0 Å². The summed E-state index contributed by atoms with van der Waals surface area (Å²) in [5.41, 5.74) is 3.24. The lowest BCUT2D eigenvalue weighted by Gasteiger charge is -2.09. The first-order valence-electron chi connectivity index (χ1n) is 9.35. The van der Waals surface area contributed by atoms with E-state index in [0.29, 0.717) is 5.69 Å². The van der Waals surface area contributed by atoms with E-state index in [4.69, 9.17) is 0 Å². The van der Waals surface area contributed by atoms with Gasteiger partial charge in [-0.3, -0.25) is 9.78 Å². The highest BCUT2D eigenvalue weighted by Gasteiger charge is 2.19. The van der Waals surface area contributed by atoms with E-state index < -0.39 is 23.1 Å². The van der Waals surface area contributed by atoms with Crippen LogP contribution in [-0.4, -0.2) is 10.9 Å². The molecule has 1 aromatic heterocycles. The molecule has 1 N–H and O–H groups in total. The molecule has 0 radical (unpaired) electrons. The lowest BCUT2D eigenvalue weighted by molar-refractivity contribution is 0.101. The molecule has 2 aromatic carbocycles. The van der Waals surface area contributed by atoms with E-state index in [9.17, 15) is 13.6 Å². The first kappa shape index (κ1) is 20.0. The van der Waals surface area contributed by atoms with Crippen molar-refractivity contribution in [3.63, 3.8) is 0 Å². The summed E-state index contributed by atoms with van der Waals surface area (Å²) in [5, 5.41) is 2.55. The van der Waals surface area contributed by atoms with E-state index in [2.05, 4.69) is 23.3 Å². The Hall–Kier alpha value is -3.25. The van der Waals surface area contributed by atoms with Crippen LogP contribution in [-0.2, 0) is 0 Å². The molecule has 3 aromatic rings. The Kier molecular flexibility index (Phi) is 5.77. The molecule has 6 heteroatoms. The highest BCUT2D eigenvalue weighted by atomic mass is 32.2. The van der Waals surface area contributed by atoms with Gasteiger partial charge in [0.05, 0.1) is 0 Å². The average Bonchev–Trinajstić information content (AvgIpc) is 3.09. The molecule has 3 nitrogen and oxygen atoms in total. The predicted octanol–water partition coefficient (Wildman–Crippen LogP) is 6.52. The standard InChI is InChI=1S/C24H18F2N2OS/c1-15-12-19(13-16-4-3-11-27-14-16)30-23(15)17-7-9-18(10-8-17)28-24(29)22-20(25)5-2-6-21(22)26/h2-11,13-14H,12H2,1H3,(H,28,29). The van der Waals surface area contributed by atoms with Crippen LogP contribution in [0.2, 0.25) is 0 Å². The van der Waals surface area contributed by atoms with E-state index in [1.165, 1.54) is 21.4 Å². The summed E-state index contributed by atoms with van der Waals surface area (Å²) in [7, 11) is 0. The lowest BCUT2D eigenvalue weighted by atomic mass is 10.1. The third-order valence-electron chi connectivity index (χ3n) is 4.67. The van der Waals surface area contributed by atoms with E-state index >= 15 is 0 Å². The molecular formula is C24H18F2N2OS. The summed E-state index contributed by atoms with van der Waals surface area (Å²) in [6, 6.07) is 14.5. The van der Waals surface area contributed by atoms with Crippen molar-refractivity contribution in [1.82, 2.24) is 4.98 Å². The minimum absolute atomic E-state index is 0.471. The van der Waals surface area contributed by atoms with Gasteiger partial charge in [0.2, 0.25) is 0 Å². The number of carbonyl (C=O) groups is 1. The van der Waals surface area contributed by atoms with E-state index in [-0.39, 0.29) is 0 Å². The number of thioether (sulfide) groups is 1. The maximum absolute atomic E-state index is 13.8. The molecule has 0 unspecified atom stereocenters. The van der Waals surface area contributed by atoms with Crippen molar-refractivity contribution < 1.29 is 13.6 Å². The van der Waals surface area contributed by atoms with Gasteiger partial charge in [0.15, 0.2) is 0 Å². The second-order valence-electron chi connectivity index (χ2n) is 6.91. The summed E-state index contributed by atoms with van der Waals surface area (Å²) in [6.07, 6.45) is 6.59. The number of rotatable bonds is 4. The molecule has 30 heavy (non-hydrogen) atoms. The fraction of sp³-hybridized carbons (Fsp3) is 0.0833. The minimum Gasteiger partial charge on any atom is -0.322 e. The fourth-order valence-corrected chi connectivity index (χ4v) is 4.49. The highest BCUT2D eigenvalue weighted by molar-refractivity contribution is 8.12. The highest BCUT2D eigenvalue weighted by Crippen LogP contribution is 2.47. The van der Waals surface area contributed by atoms with Crippen molar-refractivity contribution in [3.8, 4) is 0 Å². The van der Waals surface area contributed by atoms with Gasteiger partial charge in [-0.25, -0.2) is 8.78 Å². The number of halogens is 2. The maximum Gasteiger partial charge on any atom is 0.261 e. The van der Waals surface area contributed by atoms with Gasteiger partial charge < -0.3 is 5.32 Å². The third kappa shape index (κ3) is 4.33. The number of anilines is 1. The Balaban J connectivity index is 1.48. The number of hydrogen-bond donors (Lipinski definition) is 1. The number of allylic oxidation sites excluding steroid dienone is 2. The molecule has 1 aliphatic rings. The second kappa shape index (κ2) is 8.63. The normalized spacial score (nSPS) is 15.0. The molecule has 0 spiro atoms. The molecule has 1 aliphatic heterocycles. The molecule has 4 rings (SSSR count). The van der Waals surface area contributed by atoms with Crippen LogP contribution in [0.25, 0.3) is 11.0 Å². The van der Waals surface area contributed by atoms with Crippen LogP contribution in [0, 0.1) is 11.6 Å². The van der Waals surface area contributed by atoms with Crippen molar-refractivity contribution in [2.24, 2.45) is 0 Å². The van der Waals surface area contributed by atoms with Crippen molar-refractivity contribution in [3.05, 3.63) is 106 Å². The van der Waals surface area contributed by atoms with Gasteiger partial charge in [-0.2, -0.15) is 0 Å². The summed E-state index contributed by atoms with van der Waals surface area (Å²) in [6.45, 7) is 2.10. The summed E-state index contributed by atoms with van der Waals surface area (Å²) in [5.74, 6) is -2.59. The van der Waals surface area contributed by atoms with Gasteiger partial charge in [-0.15, -0.1) is 0 Å². The van der Waals surface area contributed by atoms with E-state index in [1.54, 1.807) is 30.1 Å². The minimum atomic E-state index is -0.889. The number of carbonyl (C=O) groups excluding carboxylic acids is 1. The second-order valence-corrected chi connectivity index (χ2v) is 8.05. The Bertz CT molecular complexity index is 1140. The molecule has 0 saturated carbocycles. The molecule has 1 amide bonds. The molecule has 0 aliphatic carbocycles. The zero-order chi connectivity index (χ0) is 21.1. The van der Waals surface area contributed by atoms with Crippen LogP contribution >= 0.6 is 11.8 Å². The largest absolute Gasteiger partial charge is 0.322 e. The number of pyridine rings is 1. The maximum atomic E-state index is 13.8. The van der Waals surface area contributed by atoms with Crippen LogP contribution in [0.1, 0.15) is 34.8 Å². The number of amides is 1. The summed E-state index contributed by atoms with van der Waals surface area (Å²) < 4.78 is 27.6. The number of hydrogen-bond acceptors (Lipinski definition) is 3. The molecule has 0 fully saturated rings. The summed E-state index contributed by atoms with van der Waals surface area (Å²) >= 11 is 1.71. The van der Waals surface area contributed by atoms with Crippen LogP contribution < -0.4 is 5.32 Å². The van der Waals surface area contributed by atoms with Crippen molar-refractivity contribution >= 4 is 34.3 Å². The Morgan fingerprint density at radius 2 is 1.80 bits per heavy atom. The summed E-state index contributed by atoms with van der Waals surface area (Å²) in [4.78, 5) is 18.8. The van der Waals surface area contributed by atoms with Crippen LogP contribution in [0.5, 0.6) is 0 Å². The molecule has 0 atom stereocenters. The molecule has 0 saturated heterocycles. The Labute approximate surface area is 177 Å². The van der Waals surface area contributed by atoms with Crippen molar-refractivity contribution in [2.75, 3.05) is 5.32 Å². The molecule has 2 heterocycles. The first-order valence-corrected chi connectivity index (χ1v) is 10.2. The smallest absolute Gasteiger partial charge is 0.261 e. The van der Waals surface area contributed by atoms with Crippen LogP contribution in [0.3, 0.4) is 0 Å². The average molecular weight is 420 g/mol. The zero-order valence-corrected chi connectivity index (χ0v) is 17.0.